The summed E-state index contributed by atoms with van der Waals surface area (Å²) in [5.41, 5.74) is 7.67. The van der Waals surface area contributed by atoms with Crippen molar-refractivity contribution < 1.29 is 0 Å². The first kappa shape index (κ1) is 14.9. The Morgan fingerprint density at radius 1 is 1.00 bits per heavy atom. The minimum absolute atomic E-state index is 0.244. The van der Waals surface area contributed by atoms with E-state index in [0.29, 0.717) is 9.49 Å². The van der Waals surface area contributed by atoms with E-state index in [1.807, 2.05) is 0 Å². The zero-order valence-corrected chi connectivity index (χ0v) is 13.5. The molecule has 0 amide bonds. The van der Waals surface area contributed by atoms with Crippen molar-refractivity contribution in [1.29, 1.82) is 0 Å². The fourth-order valence-electron chi connectivity index (χ4n) is 4.11. The summed E-state index contributed by atoms with van der Waals surface area (Å²) in [4.78, 5) is 0. The first-order chi connectivity index (χ1) is 8.79. The van der Waals surface area contributed by atoms with Crippen LogP contribution in [0.3, 0.4) is 0 Å². The summed E-state index contributed by atoms with van der Waals surface area (Å²) in [6.07, 6.45) is 3.52. The van der Waals surface area contributed by atoms with Crippen molar-refractivity contribution >= 4 is 11.8 Å². The molecule has 0 aliphatic carbocycles. The van der Waals surface area contributed by atoms with Crippen LogP contribution in [0.4, 0.5) is 0 Å². The van der Waals surface area contributed by atoms with E-state index in [1.54, 1.807) is 0 Å². The standard InChI is InChI=1S/C17H27NS/c1-15(2)12-17(10-11-18,13-16(3,4)19-15)14-8-6-5-7-9-14/h5-9H,10-13,18H2,1-4H3. The van der Waals surface area contributed by atoms with Crippen LogP contribution < -0.4 is 5.73 Å². The van der Waals surface area contributed by atoms with E-state index in [2.05, 4.69) is 69.8 Å². The van der Waals surface area contributed by atoms with E-state index in [0.717, 1.165) is 13.0 Å². The molecule has 106 valence electrons. The van der Waals surface area contributed by atoms with Crippen LogP contribution >= 0.6 is 11.8 Å². The topological polar surface area (TPSA) is 26.0 Å². The van der Waals surface area contributed by atoms with E-state index in [-0.39, 0.29) is 5.41 Å². The van der Waals surface area contributed by atoms with Crippen LogP contribution in [-0.2, 0) is 5.41 Å². The van der Waals surface area contributed by atoms with Gasteiger partial charge in [-0.3, -0.25) is 0 Å². The molecule has 2 N–H and O–H groups in total. The highest BCUT2D eigenvalue weighted by atomic mass is 32.2. The van der Waals surface area contributed by atoms with Crippen molar-refractivity contribution in [2.24, 2.45) is 5.73 Å². The zero-order chi connectivity index (χ0) is 14.1. The maximum Gasteiger partial charge on any atom is 0.0117 e. The van der Waals surface area contributed by atoms with Gasteiger partial charge in [-0.05, 0) is 36.8 Å². The first-order valence-corrected chi connectivity index (χ1v) is 8.06. The number of nitrogens with two attached hydrogens (primary N) is 1. The van der Waals surface area contributed by atoms with Crippen LogP contribution in [0.15, 0.2) is 30.3 Å². The molecular formula is C17H27NS. The van der Waals surface area contributed by atoms with Gasteiger partial charge in [0.05, 0.1) is 0 Å². The van der Waals surface area contributed by atoms with E-state index in [9.17, 15) is 0 Å². The summed E-state index contributed by atoms with van der Waals surface area (Å²) in [5.74, 6) is 0. The highest BCUT2D eigenvalue weighted by Crippen LogP contribution is 2.56. The Kier molecular flexibility index (Phi) is 4.04. The molecule has 0 bridgehead atoms. The predicted molar refractivity (Wildman–Crippen MR) is 86.8 cm³/mol. The number of rotatable bonds is 3. The smallest absolute Gasteiger partial charge is 0.0117 e. The van der Waals surface area contributed by atoms with Gasteiger partial charge in [-0.1, -0.05) is 58.0 Å². The largest absolute Gasteiger partial charge is 0.330 e. The van der Waals surface area contributed by atoms with Gasteiger partial charge in [-0.25, -0.2) is 0 Å². The minimum atomic E-state index is 0.244. The van der Waals surface area contributed by atoms with Crippen molar-refractivity contribution in [3.8, 4) is 0 Å². The van der Waals surface area contributed by atoms with Crippen LogP contribution in [-0.4, -0.2) is 16.0 Å². The van der Waals surface area contributed by atoms with E-state index >= 15 is 0 Å². The van der Waals surface area contributed by atoms with Crippen LogP contribution in [0.25, 0.3) is 0 Å². The number of benzene rings is 1. The fourth-order valence-corrected chi connectivity index (χ4v) is 6.30. The molecule has 1 aliphatic heterocycles. The van der Waals surface area contributed by atoms with E-state index in [4.69, 9.17) is 5.73 Å². The van der Waals surface area contributed by atoms with E-state index in [1.165, 1.54) is 18.4 Å². The van der Waals surface area contributed by atoms with Gasteiger partial charge < -0.3 is 5.73 Å². The van der Waals surface area contributed by atoms with Crippen molar-refractivity contribution in [3.63, 3.8) is 0 Å². The molecule has 1 saturated heterocycles. The summed E-state index contributed by atoms with van der Waals surface area (Å²) in [6, 6.07) is 11.0. The molecule has 0 radical (unpaired) electrons. The molecule has 0 atom stereocenters. The molecular weight excluding hydrogens is 250 g/mol. The molecule has 2 heteroatoms. The highest BCUT2D eigenvalue weighted by molar-refractivity contribution is 8.02. The van der Waals surface area contributed by atoms with Crippen LogP contribution in [0.5, 0.6) is 0 Å². The zero-order valence-electron chi connectivity index (χ0n) is 12.7. The second-order valence-electron chi connectivity index (χ2n) is 7.16. The summed E-state index contributed by atoms with van der Waals surface area (Å²) in [6.45, 7) is 10.3. The third-order valence-electron chi connectivity index (χ3n) is 4.09. The predicted octanol–water partition coefficient (Wildman–Crippen LogP) is 4.36. The molecule has 1 aromatic carbocycles. The lowest BCUT2D eigenvalue weighted by Crippen LogP contribution is -2.47. The van der Waals surface area contributed by atoms with Gasteiger partial charge in [-0.15, -0.1) is 11.8 Å². The lowest BCUT2D eigenvalue weighted by molar-refractivity contribution is 0.270. The normalized spacial score (nSPS) is 24.1. The number of thioether (sulfide) groups is 1. The minimum Gasteiger partial charge on any atom is -0.330 e. The molecule has 2 rings (SSSR count). The highest BCUT2D eigenvalue weighted by Gasteiger charge is 2.48. The molecule has 1 aliphatic rings. The average Bonchev–Trinajstić information content (AvgIpc) is 2.26. The van der Waals surface area contributed by atoms with Crippen molar-refractivity contribution in [1.82, 2.24) is 0 Å². The lowest BCUT2D eigenvalue weighted by Gasteiger charge is -2.52. The van der Waals surface area contributed by atoms with Crippen molar-refractivity contribution in [3.05, 3.63) is 35.9 Å². The lowest BCUT2D eigenvalue weighted by atomic mass is 9.66. The first-order valence-electron chi connectivity index (χ1n) is 7.24. The molecule has 0 saturated carbocycles. The van der Waals surface area contributed by atoms with Crippen molar-refractivity contribution in [2.75, 3.05) is 6.54 Å². The van der Waals surface area contributed by atoms with Gasteiger partial charge in [0.2, 0.25) is 0 Å². The Morgan fingerprint density at radius 2 is 1.53 bits per heavy atom. The Balaban J connectivity index is 2.44. The Hall–Kier alpha value is -0.470. The molecule has 1 nitrogen and oxygen atoms in total. The summed E-state index contributed by atoms with van der Waals surface area (Å²) in [5, 5.41) is 0. The maximum absolute atomic E-state index is 5.95. The Morgan fingerprint density at radius 3 is 2.00 bits per heavy atom. The van der Waals surface area contributed by atoms with Gasteiger partial charge in [0.1, 0.15) is 0 Å². The summed E-state index contributed by atoms with van der Waals surface area (Å²) in [7, 11) is 0. The number of hydrogen-bond acceptors (Lipinski definition) is 2. The molecule has 0 aromatic heterocycles. The van der Waals surface area contributed by atoms with Crippen LogP contribution in [0, 0.1) is 0 Å². The van der Waals surface area contributed by atoms with Crippen molar-refractivity contribution in [2.45, 2.75) is 61.9 Å². The maximum atomic E-state index is 5.95. The monoisotopic (exact) mass is 277 g/mol. The van der Waals surface area contributed by atoms with Gasteiger partial charge >= 0.3 is 0 Å². The second kappa shape index (κ2) is 5.14. The quantitative estimate of drug-likeness (QED) is 0.888. The fraction of sp³-hybridized carbons (Fsp3) is 0.647. The molecule has 0 unspecified atom stereocenters. The van der Waals surface area contributed by atoms with Crippen LogP contribution in [0.2, 0.25) is 0 Å². The third kappa shape index (κ3) is 3.35. The Labute approximate surface area is 122 Å². The number of hydrogen-bond donors (Lipinski definition) is 1. The van der Waals surface area contributed by atoms with Gasteiger partial charge in [0.15, 0.2) is 0 Å². The summed E-state index contributed by atoms with van der Waals surface area (Å²) < 4.78 is 0.625. The van der Waals surface area contributed by atoms with Gasteiger partial charge in [-0.2, -0.15) is 0 Å². The third-order valence-corrected chi connectivity index (χ3v) is 5.48. The summed E-state index contributed by atoms with van der Waals surface area (Å²) >= 11 is 2.13. The molecule has 0 spiro atoms. The molecule has 1 fully saturated rings. The molecule has 1 heterocycles. The average molecular weight is 277 g/mol. The molecule has 1 aromatic rings. The molecule has 19 heavy (non-hydrogen) atoms. The van der Waals surface area contributed by atoms with Gasteiger partial charge in [0.25, 0.3) is 0 Å². The Bertz CT molecular complexity index is 406. The van der Waals surface area contributed by atoms with E-state index < -0.39 is 0 Å². The van der Waals surface area contributed by atoms with Gasteiger partial charge in [0, 0.05) is 9.49 Å². The SMILES string of the molecule is CC1(C)CC(CCN)(c2ccccc2)CC(C)(C)S1. The van der Waals surface area contributed by atoms with Crippen LogP contribution in [0.1, 0.15) is 52.5 Å². The second-order valence-corrected chi connectivity index (χ2v) is 9.57.